The lowest BCUT2D eigenvalue weighted by molar-refractivity contribution is -0.387. The van der Waals surface area contributed by atoms with Crippen LogP contribution in [0.3, 0.4) is 0 Å². The van der Waals surface area contributed by atoms with Gasteiger partial charge in [-0.3, -0.25) is 20.2 Å². The molecule has 0 bridgehead atoms. The van der Waals surface area contributed by atoms with E-state index in [0.717, 1.165) is 0 Å². The molecule has 0 aromatic heterocycles. The summed E-state index contributed by atoms with van der Waals surface area (Å²) in [5.41, 5.74) is -0.365. The van der Waals surface area contributed by atoms with E-state index < -0.39 is 71.3 Å². The lowest BCUT2D eigenvalue weighted by Gasteiger charge is -2.39. The van der Waals surface area contributed by atoms with Gasteiger partial charge in [-0.1, -0.05) is 26.0 Å². The molecular formula is C26H34N2O14. The summed E-state index contributed by atoms with van der Waals surface area (Å²) in [5.74, 6) is 0.174. The van der Waals surface area contributed by atoms with Gasteiger partial charge in [-0.05, 0) is 31.0 Å². The fourth-order valence-electron chi connectivity index (χ4n) is 4.32. The molecule has 232 valence electrons. The van der Waals surface area contributed by atoms with Crippen molar-refractivity contribution in [2.24, 2.45) is 0 Å². The Balaban J connectivity index is 0.000000230. The minimum absolute atomic E-state index is 0.0787. The van der Waals surface area contributed by atoms with Crippen LogP contribution < -0.4 is 9.47 Å². The van der Waals surface area contributed by atoms with Crippen molar-refractivity contribution in [3.8, 4) is 11.5 Å². The highest BCUT2D eigenvalue weighted by Crippen LogP contribution is 2.31. The van der Waals surface area contributed by atoms with Crippen LogP contribution in [0.25, 0.3) is 0 Å². The first-order valence-corrected chi connectivity index (χ1v) is 13.1. The maximum atomic E-state index is 10.9. The first kappa shape index (κ1) is 33.0. The maximum Gasteiger partial charge on any atom is 0.311 e. The molecule has 2 aromatic rings. The Hall–Kier alpha value is -3.48. The second kappa shape index (κ2) is 14.6. The monoisotopic (exact) mass is 598 g/mol. The lowest BCUT2D eigenvalue weighted by Crippen LogP contribution is -2.58. The van der Waals surface area contributed by atoms with E-state index in [4.69, 9.17) is 18.9 Å². The third-order valence-corrected chi connectivity index (χ3v) is 6.75. The molecule has 2 saturated heterocycles. The molecule has 10 atom stereocenters. The predicted molar refractivity (Wildman–Crippen MR) is 141 cm³/mol. The quantitative estimate of drug-likeness (QED) is 0.178. The molecule has 0 spiro atoms. The van der Waals surface area contributed by atoms with Crippen molar-refractivity contribution >= 4 is 11.4 Å². The van der Waals surface area contributed by atoms with Gasteiger partial charge in [-0.25, -0.2) is 0 Å². The molecule has 0 amide bonds. The number of aliphatic hydroxyl groups excluding tert-OH is 6. The Labute approximate surface area is 239 Å². The number of benzene rings is 2. The van der Waals surface area contributed by atoms with Crippen LogP contribution in [0.1, 0.15) is 26.7 Å². The van der Waals surface area contributed by atoms with Gasteiger partial charge in [0.15, 0.2) is 5.75 Å². The topological polar surface area (TPSA) is 245 Å². The van der Waals surface area contributed by atoms with Crippen molar-refractivity contribution in [1.29, 1.82) is 0 Å². The minimum atomic E-state index is -1.51. The number of nitro benzene ring substituents is 2. The van der Waals surface area contributed by atoms with Crippen LogP contribution in [-0.4, -0.2) is 102 Å². The molecule has 16 nitrogen and oxygen atoms in total. The van der Waals surface area contributed by atoms with E-state index >= 15 is 0 Å². The second-order valence-corrected chi connectivity index (χ2v) is 9.56. The van der Waals surface area contributed by atoms with Crippen LogP contribution in [-0.2, 0) is 9.47 Å². The van der Waals surface area contributed by atoms with E-state index in [-0.39, 0.29) is 22.9 Å². The van der Waals surface area contributed by atoms with Crippen LogP contribution in [0.15, 0.2) is 48.5 Å². The summed E-state index contributed by atoms with van der Waals surface area (Å²) in [6, 6.07) is 10.9. The van der Waals surface area contributed by atoms with Gasteiger partial charge in [0.2, 0.25) is 12.6 Å². The number of hydrogen-bond acceptors (Lipinski definition) is 14. The number of ether oxygens (including phenoxy) is 4. The molecule has 10 unspecified atom stereocenters. The van der Waals surface area contributed by atoms with Crippen LogP contribution in [0.4, 0.5) is 11.4 Å². The molecule has 0 saturated carbocycles. The Morgan fingerprint density at radius 2 is 1.14 bits per heavy atom. The molecule has 42 heavy (non-hydrogen) atoms. The fraction of sp³-hybridized carbons (Fsp3) is 0.538. The van der Waals surface area contributed by atoms with Crippen LogP contribution in [0.5, 0.6) is 11.5 Å². The van der Waals surface area contributed by atoms with E-state index in [1.807, 2.05) is 0 Å². The number of nitro groups is 2. The van der Waals surface area contributed by atoms with Crippen molar-refractivity contribution in [2.45, 2.75) is 88.1 Å². The molecule has 2 fully saturated rings. The number of non-ortho nitro benzene ring substituents is 1. The summed E-state index contributed by atoms with van der Waals surface area (Å²) in [7, 11) is 0. The fourth-order valence-corrected chi connectivity index (χ4v) is 4.32. The average molecular weight is 599 g/mol. The Kier molecular flexibility index (Phi) is 11.5. The average Bonchev–Trinajstić information content (AvgIpc) is 2.98. The minimum Gasteiger partial charge on any atom is -0.462 e. The molecular weight excluding hydrogens is 564 g/mol. The lowest BCUT2D eigenvalue weighted by atomic mass is 9.97. The normalized spacial score (nSPS) is 32.7. The Morgan fingerprint density at radius 1 is 0.667 bits per heavy atom. The van der Waals surface area contributed by atoms with E-state index in [2.05, 4.69) is 0 Å². The number of nitrogens with zero attached hydrogens (tertiary/aromatic N) is 2. The van der Waals surface area contributed by atoms with Gasteiger partial charge in [0.25, 0.3) is 5.69 Å². The van der Waals surface area contributed by atoms with Crippen LogP contribution in [0.2, 0.25) is 0 Å². The molecule has 2 aliphatic rings. The molecule has 4 rings (SSSR count). The summed E-state index contributed by atoms with van der Waals surface area (Å²) in [5, 5.41) is 80.2. The Bertz CT molecular complexity index is 1180. The molecule has 0 aliphatic carbocycles. The summed E-state index contributed by atoms with van der Waals surface area (Å²) >= 11 is 0. The van der Waals surface area contributed by atoms with E-state index in [1.165, 1.54) is 42.5 Å². The van der Waals surface area contributed by atoms with E-state index in [9.17, 15) is 50.9 Å². The van der Waals surface area contributed by atoms with E-state index in [0.29, 0.717) is 12.8 Å². The SMILES string of the molecule is CCC1OC(Oc2ccc([N+](=O)[O-])cc2)C(O)C(O)C1O.CCC1OC(Oc2ccccc2[N+](=O)[O-])C(O)C(O)C1O. The van der Waals surface area contributed by atoms with Gasteiger partial charge in [0, 0.05) is 18.2 Å². The standard InChI is InChI=1S/2C13H17NO7/c1-2-9-10(15)11(16)12(17)13(21-9)20-8-5-3-7(4-6-8)14(18)19;1-2-8-10(15)11(16)12(17)13(20-8)21-9-6-4-3-5-7(9)14(18)19/h3-6,9-13,15-17H,2H2,1H3;3-6,8,10-13,15-17H,2H2,1H3. The maximum absolute atomic E-state index is 10.9. The molecule has 6 N–H and O–H groups in total. The highest BCUT2D eigenvalue weighted by atomic mass is 16.7. The van der Waals surface area contributed by atoms with E-state index in [1.54, 1.807) is 19.9 Å². The number of para-hydroxylation sites is 2. The first-order chi connectivity index (χ1) is 19.9. The summed E-state index contributed by atoms with van der Waals surface area (Å²) in [4.78, 5) is 20.3. The smallest absolute Gasteiger partial charge is 0.311 e. The van der Waals surface area contributed by atoms with Crippen LogP contribution >= 0.6 is 0 Å². The molecule has 2 aromatic carbocycles. The first-order valence-electron chi connectivity index (χ1n) is 13.1. The van der Waals surface area contributed by atoms with Gasteiger partial charge < -0.3 is 49.6 Å². The molecule has 0 radical (unpaired) electrons. The number of aliphatic hydroxyl groups is 6. The zero-order valence-electron chi connectivity index (χ0n) is 22.7. The van der Waals surface area contributed by atoms with Crippen LogP contribution in [0, 0.1) is 20.2 Å². The Morgan fingerprint density at radius 3 is 1.60 bits per heavy atom. The molecule has 16 heteroatoms. The highest BCUT2D eigenvalue weighted by Gasteiger charge is 2.45. The third-order valence-electron chi connectivity index (χ3n) is 6.75. The van der Waals surface area contributed by atoms with Gasteiger partial charge in [0.05, 0.1) is 22.1 Å². The van der Waals surface area contributed by atoms with Crippen molar-refractivity contribution < 1.29 is 59.4 Å². The summed E-state index contributed by atoms with van der Waals surface area (Å²) in [6.45, 7) is 3.50. The summed E-state index contributed by atoms with van der Waals surface area (Å²) in [6.07, 6.45) is -11.2. The van der Waals surface area contributed by atoms with Crippen molar-refractivity contribution in [1.82, 2.24) is 0 Å². The van der Waals surface area contributed by atoms with Gasteiger partial charge in [-0.15, -0.1) is 0 Å². The van der Waals surface area contributed by atoms with Gasteiger partial charge >= 0.3 is 5.69 Å². The number of rotatable bonds is 8. The summed E-state index contributed by atoms with van der Waals surface area (Å²) < 4.78 is 21.5. The zero-order valence-corrected chi connectivity index (χ0v) is 22.7. The van der Waals surface area contributed by atoms with Crippen molar-refractivity contribution in [3.63, 3.8) is 0 Å². The zero-order chi connectivity index (χ0) is 31.1. The van der Waals surface area contributed by atoms with Gasteiger partial charge in [-0.2, -0.15) is 0 Å². The van der Waals surface area contributed by atoms with Gasteiger partial charge in [0.1, 0.15) is 42.4 Å². The number of hydrogen-bond donors (Lipinski definition) is 6. The predicted octanol–water partition coefficient (Wildman–Crippen LogP) is 0.382. The molecule has 2 heterocycles. The second-order valence-electron chi connectivity index (χ2n) is 9.56. The van der Waals surface area contributed by atoms with Crippen molar-refractivity contribution in [3.05, 3.63) is 68.8 Å². The molecule has 2 aliphatic heterocycles. The van der Waals surface area contributed by atoms with Crippen molar-refractivity contribution in [2.75, 3.05) is 0 Å². The largest absolute Gasteiger partial charge is 0.462 e. The third kappa shape index (κ3) is 7.67. The highest BCUT2D eigenvalue weighted by molar-refractivity contribution is 5.45.